The molecule has 7 heteroatoms. The lowest BCUT2D eigenvalue weighted by Crippen LogP contribution is -2.19. The third-order valence-electron chi connectivity index (χ3n) is 3.34. The van der Waals surface area contributed by atoms with Crippen LogP contribution in [0.4, 0.5) is 0 Å². The molecule has 0 bridgehead atoms. The van der Waals surface area contributed by atoms with Gasteiger partial charge in [-0.1, -0.05) is 0 Å². The molecule has 3 rings (SSSR count). The van der Waals surface area contributed by atoms with Crippen LogP contribution in [0.15, 0.2) is 23.1 Å². The quantitative estimate of drug-likeness (QED) is 0.907. The molecule has 0 aliphatic carbocycles. The van der Waals surface area contributed by atoms with Crippen LogP contribution < -0.4 is 14.9 Å². The van der Waals surface area contributed by atoms with Crippen molar-refractivity contribution in [2.45, 2.75) is 6.54 Å². The average Bonchev–Trinajstić information content (AvgIpc) is 2.92. The van der Waals surface area contributed by atoms with E-state index in [0.717, 1.165) is 0 Å². The molecule has 2 heterocycles. The van der Waals surface area contributed by atoms with E-state index in [0.29, 0.717) is 30.2 Å². The normalized spacial score (nSPS) is 12.8. The number of carboxylic acid groups (broad SMARTS) is 1. The third kappa shape index (κ3) is 2.21. The zero-order valence-electron chi connectivity index (χ0n) is 11.3. The van der Waals surface area contributed by atoms with Gasteiger partial charge in [0.15, 0.2) is 11.5 Å². The molecule has 0 unspecified atom stereocenters. The smallest absolute Gasteiger partial charge is 0.341 e. The Kier molecular flexibility index (Phi) is 3.26. The van der Waals surface area contributed by atoms with E-state index in [1.807, 2.05) is 0 Å². The summed E-state index contributed by atoms with van der Waals surface area (Å²) in [5, 5.41) is 9.46. The molecule has 21 heavy (non-hydrogen) atoms. The van der Waals surface area contributed by atoms with Gasteiger partial charge in [0.2, 0.25) is 12.2 Å². The average molecular weight is 291 g/mol. The van der Waals surface area contributed by atoms with Crippen LogP contribution in [0.2, 0.25) is 0 Å². The molecule has 0 saturated heterocycles. The van der Waals surface area contributed by atoms with Crippen molar-refractivity contribution in [1.82, 2.24) is 4.57 Å². The zero-order chi connectivity index (χ0) is 15.0. The molecule has 2 aromatic rings. The first kappa shape index (κ1) is 13.4. The first-order chi connectivity index (χ1) is 10.1. The van der Waals surface area contributed by atoms with Crippen LogP contribution in [0.3, 0.4) is 0 Å². The van der Waals surface area contributed by atoms with Gasteiger partial charge in [0.1, 0.15) is 5.56 Å². The van der Waals surface area contributed by atoms with E-state index >= 15 is 0 Å². The predicted molar refractivity (Wildman–Crippen MR) is 73.2 cm³/mol. The number of carboxylic acids is 1. The van der Waals surface area contributed by atoms with Crippen molar-refractivity contribution in [3.63, 3.8) is 0 Å². The van der Waals surface area contributed by atoms with E-state index in [1.165, 1.54) is 12.3 Å². The minimum absolute atomic E-state index is 0.0870. The molecule has 0 saturated carbocycles. The highest BCUT2D eigenvalue weighted by molar-refractivity contribution is 5.93. The van der Waals surface area contributed by atoms with E-state index in [4.69, 9.17) is 19.3 Å². The minimum Gasteiger partial charge on any atom is -0.477 e. The van der Waals surface area contributed by atoms with Gasteiger partial charge in [0.05, 0.1) is 17.5 Å². The fourth-order valence-electron chi connectivity index (χ4n) is 2.31. The number of hydrogen-bond acceptors (Lipinski definition) is 5. The molecule has 0 radical (unpaired) electrons. The van der Waals surface area contributed by atoms with Crippen LogP contribution in [0.1, 0.15) is 10.4 Å². The van der Waals surface area contributed by atoms with Gasteiger partial charge < -0.3 is 23.9 Å². The first-order valence-corrected chi connectivity index (χ1v) is 6.31. The van der Waals surface area contributed by atoms with Gasteiger partial charge in [-0.05, 0) is 6.07 Å². The Morgan fingerprint density at radius 1 is 1.38 bits per heavy atom. The van der Waals surface area contributed by atoms with Crippen LogP contribution in [-0.4, -0.2) is 36.2 Å². The van der Waals surface area contributed by atoms with Crippen molar-refractivity contribution in [3.05, 3.63) is 34.1 Å². The van der Waals surface area contributed by atoms with Crippen LogP contribution in [0, 0.1) is 0 Å². The van der Waals surface area contributed by atoms with E-state index in [2.05, 4.69) is 0 Å². The largest absolute Gasteiger partial charge is 0.477 e. The van der Waals surface area contributed by atoms with Crippen LogP contribution in [0.5, 0.6) is 11.5 Å². The zero-order valence-corrected chi connectivity index (χ0v) is 11.3. The monoisotopic (exact) mass is 291 g/mol. The van der Waals surface area contributed by atoms with Crippen LogP contribution in [-0.2, 0) is 11.3 Å². The van der Waals surface area contributed by atoms with Crippen molar-refractivity contribution < 1.29 is 24.1 Å². The van der Waals surface area contributed by atoms with Crippen molar-refractivity contribution >= 4 is 16.9 Å². The molecular formula is C14H13NO6. The van der Waals surface area contributed by atoms with Crippen molar-refractivity contribution in [2.75, 3.05) is 20.5 Å². The highest BCUT2D eigenvalue weighted by Gasteiger charge is 2.20. The summed E-state index contributed by atoms with van der Waals surface area (Å²) in [4.78, 5) is 23.5. The molecule has 0 amide bonds. The molecule has 1 aliphatic rings. The second-order valence-corrected chi connectivity index (χ2v) is 4.59. The fourth-order valence-corrected chi connectivity index (χ4v) is 2.31. The molecular weight excluding hydrogens is 278 g/mol. The molecule has 0 spiro atoms. The molecule has 7 nitrogen and oxygen atoms in total. The van der Waals surface area contributed by atoms with E-state index in [9.17, 15) is 9.59 Å². The number of benzene rings is 1. The van der Waals surface area contributed by atoms with Gasteiger partial charge in [0.25, 0.3) is 0 Å². The number of aromatic carboxylic acids is 1. The van der Waals surface area contributed by atoms with E-state index in [-0.39, 0.29) is 17.7 Å². The number of ether oxygens (including phenoxy) is 3. The summed E-state index contributed by atoms with van der Waals surface area (Å²) >= 11 is 0. The topological polar surface area (TPSA) is 87.0 Å². The highest BCUT2D eigenvalue weighted by Crippen LogP contribution is 2.35. The number of rotatable bonds is 4. The number of aromatic nitrogens is 1. The fraction of sp³-hybridized carbons (Fsp3) is 0.286. The Hall–Kier alpha value is -2.54. The van der Waals surface area contributed by atoms with Gasteiger partial charge in [-0.25, -0.2) is 4.79 Å². The summed E-state index contributed by atoms with van der Waals surface area (Å²) in [6.45, 7) is 0.905. The number of nitrogens with zero attached hydrogens (tertiary/aromatic N) is 1. The molecule has 0 atom stereocenters. The van der Waals surface area contributed by atoms with Crippen LogP contribution in [0.25, 0.3) is 10.9 Å². The molecule has 1 N–H and O–H groups in total. The molecule has 0 fully saturated rings. The maximum atomic E-state index is 12.3. The molecule has 110 valence electrons. The Balaban J connectivity index is 2.30. The van der Waals surface area contributed by atoms with E-state index in [1.54, 1.807) is 17.7 Å². The Morgan fingerprint density at radius 2 is 2.10 bits per heavy atom. The van der Waals surface area contributed by atoms with Gasteiger partial charge in [-0.15, -0.1) is 0 Å². The summed E-state index contributed by atoms with van der Waals surface area (Å²) in [5.74, 6) is -0.276. The first-order valence-electron chi connectivity index (χ1n) is 6.31. The highest BCUT2D eigenvalue weighted by atomic mass is 16.7. The predicted octanol–water partition coefficient (Wildman–Crippen LogP) is 1.07. The summed E-state index contributed by atoms with van der Waals surface area (Å²) < 4.78 is 17.2. The van der Waals surface area contributed by atoms with Gasteiger partial charge in [0, 0.05) is 25.9 Å². The second kappa shape index (κ2) is 5.10. The van der Waals surface area contributed by atoms with Crippen molar-refractivity contribution in [2.24, 2.45) is 0 Å². The summed E-state index contributed by atoms with van der Waals surface area (Å²) in [5.41, 5.74) is -0.228. The second-order valence-electron chi connectivity index (χ2n) is 4.59. The Bertz CT molecular complexity index is 779. The minimum atomic E-state index is -1.26. The lowest BCUT2D eigenvalue weighted by molar-refractivity contribution is 0.0694. The van der Waals surface area contributed by atoms with Gasteiger partial charge in [-0.2, -0.15) is 0 Å². The maximum Gasteiger partial charge on any atom is 0.341 e. The lowest BCUT2D eigenvalue weighted by Gasteiger charge is -2.12. The SMILES string of the molecule is COCCn1cc(C(=O)O)c(=O)c2cc3c(cc21)OCO3. The maximum absolute atomic E-state index is 12.3. The van der Waals surface area contributed by atoms with E-state index < -0.39 is 11.4 Å². The number of pyridine rings is 1. The Morgan fingerprint density at radius 3 is 2.76 bits per heavy atom. The number of fused-ring (bicyclic) bond motifs is 2. The Labute approximate surface area is 119 Å². The molecule has 1 aromatic heterocycles. The number of carbonyl (C=O) groups is 1. The van der Waals surface area contributed by atoms with Crippen molar-refractivity contribution in [1.29, 1.82) is 0 Å². The number of methoxy groups -OCH3 is 1. The summed E-state index contributed by atoms with van der Waals surface area (Å²) in [6.07, 6.45) is 1.33. The molecule has 1 aromatic carbocycles. The van der Waals surface area contributed by atoms with Crippen molar-refractivity contribution in [3.8, 4) is 11.5 Å². The van der Waals surface area contributed by atoms with Crippen LogP contribution >= 0.6 is 0 Å². The molecule has 1 aliphatic heterocycles. The summed E-state index contributed by atoms with van der Waals surface area (Å²) in [6, 6.07) is 3.20. The van der Waals surface area contributed by atoms with Gasteiger partial charge in [-0.3, -0.25) is 4.79 Å². The number of hydrogen-bond donors (Lipinski definition) is 1. The third-order valence-corrected chi connectivity index (χ3v) is 3.34. The lowest BCUT2D eigenvalue weighted by atomic mass is 10.1. The standard InChI is InChI=1S/C14H13NO6/c1-19-3-2-15-6-9(14(17)18)13(16)8-4-11-12(5-10(8)15)21-7-20-11/h4-6H,2-3,7H2,1H3,(H,17,18). The van der Waals surface area contributed by atoms with Gasteiger partial charge >= 0.3 is 5.97 Å². The summed E-state index contributed by atoms with van der Waals surface area (Å²) in [7, 11) is 1.55.